The molecule has 0 atom stereocenters. The number of carbonyl (C=O) groups is 1. The number of hydrogen-bond donors (Lipinski definition) is 1. The number of aryl methyl sites for hydroxylation is 3. The maximum absolute atomic E-state index is 12.9. The van der Waals surface area contributed by atoms with Gasteiger partial charge in [-0.15, -0.1) is 0 Å². The second kappa shape index (κ2) is 8.98. The zero-order chi connectivity index (χ0) is 24.7. The molecule has 178 valence electrons. The quantitative estimate of drug-likeness (QED) is 0.297. The van der Waals surface area contributed by atoms with Crippen molar-refractivity contribution in [1.29, 1.82) is 0 Å². The maximum atomic E-state index is 12.9. The summed E-state index contributed by atoms with van der Waals surface area (Å²) in [6, 6.07) is 19.5. The Balaban J connectivity index is 1.82. The summed E-state index contributed by atoms with van der Waals surface area (Å²) >= 11 is 0. The van der Waals surface area contributed by atoms with Crippen molar-refractivity contribution in [1.82, 2.24) is 9.72 Å². The summed E-state index contributed by atoms with van der Waals surface area (Å²) < 4.78 is 33.3. The fourth-order valence-electron chi connectivity index (χ4n) is 4.87. The highest BCUT2D eigenvalue weighted by atomic mass is 19.3. The molecule has 0 bridgehead atoms. The van der Waals surface area contributed by atoms with Gasteiger partial charge in [-0.25, -0.2) is 8.78 Å². The molecular formula is C28H25F2N3O2. The highest BCUT2D eigenvalue weighted by Crippen LogP contribution is 2.38. The van der Waals surface area contributed by atoms with E-state index in [0.717, 1.165) is 49.8 Å². The molecule has 3 aromatic carbocycles. The lowest BCUT2D eigenvalue weighted by Gasteiger charge is -2.10. The molecule has 0 saturated heterocycles. The zero-order valence-corrected chi connectivity index (χ0v) is 19.5. The number of aromatic nitrogens is 2. The minimum absolute atomic E-state index is 0.215. The molecule has 0 aliphatic rings. The number of primary amides is 1. The molecule has 5 rings (SSSR count). The van der Waals surface area contributed by atoms with Gasteiger partial charge in [0, 0.05) is 40.4 Å². The third-order valence-electron chi connectivity index (χ3n) is 6.45. The summed E-state index contributed by atoms with van der Waals surface area (Å²) in [6.07, 6.45) is -2.33. The molecule has 2 aromatic heterocycles. The fourth-order valence-corrected chi connectivity index (χ4v) is 4.87. The Morgan fingerprint density at radius 2 is 1.80 bits per heavy atom. The molecule has 2 N–H and O–H groups in total. The first kappa shape index (κ1) is 22.8. The van der Waals surface area contributed by atoms with Crippen molar-refractivity contribution in [3.8, 4) is 11.1 Å². The second-order valence-corrected chi connectivity index (χ2v) is 8.83. The minimum Gasteiger partial charge on any atom is -0.366 e. The van der Waals surface area contributed by atoms with Gasteiger partial charge in [0.25, 0.3) is 0 Å². The topological polar surface area (TPSA) is 74.1 Å². The Kier molecular flexibility index (Phi) is 5.84. The smallest absolute Gasteiger partial charge is 0.249 e. The summed E-state index contributed by atoms with van der Waals surface area (Å²) in [7, 11) is 0. The van der Waals surface area contributed by atoms with Crippen molar-refractivity contribution in [2.24, 2.45) is 5.73 Å². The number of halogens is 2. The normalized spacial score (nSPS) is 11.7. The Labute approximate surface area is 201 Å². The number of alkyl halides is 2. The molecule has 0 unspecified atom stereocenters. The lowest BCUT2D eigenvalue weighted by atomic mass is 9.96. The van der Waals surface area contributed by atoms with Gasteiger partial charge in [-0.1, -0.05) is 41.6 Å². The third-order valence-corrected chi connectivity index (χ3v) is 6.45. The first-order valence-corrected chi connectivity index (χ1v) is 11.5. The van der Waals surface area contributed by atoms with Crippen molar-refractivity contribution >= 4 is 27.7 Å². The lowest BCUT2D eigenvalue weighted by molar-refractivity contribution is 0.100. The van der Waals surface area contributed by atoms with Gasteiger partial charge in [-0.2, -0.15) is 0 Å². The molecule has 7 heteroatoms. The molecule has 0 saturated carbocycles. The van der Waals surface area contributed by atoms with Crippen LogP contribution in [-0.4, -0.2) is 22.1 Å². The molecule has 5 nitrogen and oxygen atoms in total. The van der Waals surface area contributed by atoms with E-state index in [2.05, 4.69) is 9.72 Å². The highest BCUT2D eigenvalue weighted by Gasteiger charge is 2.21. The number of carbonyl (C=O) groups excluding carboxylic acids is 1. The van der Waals surface area contributed by atoms with Crippen LogP contribution in [0.5, 0.6) is 0 Å². The molecule has 0 spiro atoms. The average Bonchev–Trinajstić information content (AvgIpc) is 3.33. The van der Waals surface area contributed by atoms with Crippen LogP contribution >= 0.6 is 0 Å². The number of benzene rings is 3. The van der Waals surface area contributed by atoms with Crippen LogP contribution in [0.2, 0.25) is 0 Å². The molecule has 35 heavy (non-hydrogen) atoms. The van der Waals surface area contributed by atoms with Gasteiger partial charge in [-0.05, 0) is 61.2 Å². The SMILES string of the molecule is Cc1noc(C)c1-c1cc(C(N)=O)c2c3cc(CCC(F)F)ccc3n(Cc3ccccc3)c2c1. The molecule has 0 aliphatic carbocycles. The predicted molar refractivity (Wildman–Crippen MR) is 133 cm³/mol. The standard InChI is InChI=1S/C28H25F2N3O2/c1-16-26(17(2)35-32-16)20-13-22(28(31)34)27-21-12-18(9-11-25(29)30)8-10-23(21)33(24(27)14-20)15-19-6-4-3-5-7-19/h3-8,10,12-14,25H,9,11,15H2,1-2H3,(H2,31,34). The van der Waals surface area contributed by atoms with Gasteiger partial charge in [0.1, 0.15) is 5.76 Å². The number of nitrogens with zero attached hydrogens (tertiary/aromatic N) is 2. The molecule has 5 aromatic rings. The summed E-state index contributed by atoms with van der Waals surface area (Å²) in [5.74, 6) is 0.0950. The summed E-state index contributed by atoms with van der Waals surface area (Å²) in [6.45, 7) is 4.26. The molecular weight excluding hydrogens is 448 g/mol. The fraction of sp³-hybridized carbons (Fsp3) is 0.214. The van der Waals surface area contributed by atoms with Crippen molar-refractivity contribution in [3.63, 3.8) is 0 Å². The van der Waals surface area contributed by atoms with E-state index in [1.54, 1.807) is 6.07 Å². The number of amides is 1. The number of rotatable bonds is 7. The van der Waals surface area contributed by atoms with Gasteiger partial charge in [-0.3, -0.25) is 4.79 Å². The van der Waals surface area contributed by atoms with Crippen molar-refractivity contribution in [3.05, 3.63) is 88.8 Å². The molecule has 0 fully saturated rings. The van der Waals surface area contributed by atoms with E-state index < -0.39 is 12.3 Å². The van der Waals surface area contributed by atoms with Gasteiger partial charge in [0.05, 0.1) is 11.2 Å². The van der Waals surface area contributed by atoms with E-state index in [4.69, 9.17) is 10.3 Å². The van der Waals surface area contributed by atoms with E-state index >= 15 is 0 Å². The largest absolute Gasteiger partial charge is 0.366 e. The second-order valence-electron chi connectivity index (χ2n) is 8.83. The van der Waals surface area contributed by atoms with Crippen LogP contribution in [0.4, 0.5) is 8.78 Å². The van der Waals surface area contributed by atoms with Crippen LogP contribution in [0.25, 0.3) is 32.9 Å². The molecule has 0 aliphatic heterocycles. The zero-order valence-electron chi connectivity index (χ0n) is 19.5. The predicted octanol–water partition coefficient (Wildman–Crippen LogP) is 6.41. The Bertz CT molecular complexity index is 1530. The lowest BCUT2D eigenvalue weighted by Crippen LogP contribution is -2.12. The first-order valence-electron chi connectivity index (χ1n) is 11.5. The minimum atomic E-state index is -2.37. The Morgan fingerprint density at radius 1 is 1.03 bits per heavy atom. The monoisotopic (exact) mass is 473 g/mol. The number of nitrogens with two attached hydrogens (primary N) is 1. The van der Waals surface area contributed by atoms with Crippen LogP contribution in [-0.2, 0) is 13.0 Å². The van der Waals surface area contributed by atoms with Gasteiger partial charge < -0.3 is 14.8 Å². The van der Waals surface area contributed by atoms with Crippen LogP contribution in [0.15, 0.2) is 65.2 Å². The van der Waals surface area contributed by atoms with E-state index in [9.17, 15) is 13.6 Å². The van der Waals surface area contributed by atoms with Crippen molar-refractivity contribution < 1.29 is 18.1 Å². The average molecular weight is 474 g/mol. The van der Waals surface area contributed by atoms with Crippen LogP contribution < -0.4 is 5.73 Å². The van der Waals surface area contributed by atoms with Gasteiger partial charge in [0.15, 0.2) is 0 Å². The van der Waals surface area contributed by atoms with Gasteiger partial charge >= 0.3 is 0 Å². The van der Waals surface area contributed by atoms with E-state index in [0.29, 0.717) is 17.9 Å². The molecule has 1 amide bonds. The van der Waals surface area contributed by atoms with E-state index in [1.165, 1.54) is 0 Å². The number of fused-ring (bicyclic) bond motifs is 3. The number of hydrogen-bond acceptors (Lipinski definition) is 3. The van der Waals surface area contributed by atoms with E-state index in [-0.39, 0.29) is 12.8 Å². The molecule has 0 radical (unpaired) electrons. The highest BCUT2D eigenvalue weighted by molar-refractivity contribution is 6.19. The van der Waals surface area contributed by atoms with E-state index in [1.807, 2.05) is 68.4 Å². The van der Waals surface area contributed by atoms with Crippen LogP contribution in [0.1, 0.15) is 39.4 Å². The Morgan fingerprint density at radius 3 is 2.46 bits per heavy atom. The molecule has 2 heterocycles. The maximum Gasteiger partial charge on any atom is 0.249 e. The third kappa shape index (κ3) is 4.18. The summed E-state index contributed by atoms with van der Waals surface area (Å²) in [5.41, 5.74) is 12.2. The summed E-state index contributed by atoms with van der Waals surface area (Å²) in [5, 5.41) is 5.61. The van der Waals surface area contributed by atoms with Crippen LogP contribution in [0.3, 0.4) is 0 Å². The van der Waals surface area contributed by atoms with Gasteiger partial charge in [0.2, 0.25) is 12.3 Å². The van der Waals surface area contributed by atoms with Crippen molar-refractivity contribution in [2.75, 3.05) is 0 Å². The first-order chi connectivity index (χ1) is 16.8. The summed E-state index contributed by atoms with van der Waals surface area (Å²) in [4.78, 5) is 12.7. The Hall–Kier alpha value is -4.00. The van der Waals surface area contributed by atoms with Crippen molar-refractivity contribution in [2.45, 2.75) is 39.7 Å². The van der Waals surface area contributed by atoms with Crippen LogP contribution in [0, 0.1) is 13.8 Å².